The standard InChI is InChI=1S/C4H7NOS/c1-6-4-2-3-7-5-4/h2-5H,1H3. The molecule has 0 radical (unpaired) electrons. The zero-order valence-corrected chi connectivity index (χ0v) is 4.87. The average molecular weight is 117 g/mol. The Labute approximate surface area is 47.1 Å². The Morgan fingerprint density at radius 2 is 2.71 bits per heavy atom. The molecule has 0 aromatic heterocycles. The fraction of sp³-hybridized carbons (Fsp3) is 0.500. The number of methoxy groups -OCH3 is 1. The molecule has 1 N–H and O–H groups in total. The van der Waals surface area contributed by atoms with Crippen molar-refractivity contribution in [2.24, 2.45) is 0 Å². The molecule has 0 bridgehead atoms. The number of ether oxygens (including phenoxy) is 1. The summed E-state index contributed by atoms with van der Waals surface area (Å²) < 4.78 is 7.88. The normalized spacial score (nSPS) is 29.0. The summed E-state index contributed by atoms with van der Waals surface area (Å²) >= 11 is 1.55. The SMILES string of the molecule is COC1C=CSN1. The topological polar surface area (TPSA) is 21.3 Å². The minimum absolute atomic E-state index is 0.130. The van der Waals surface area contributed by atoms with Crippen LogP contribution in [0.1, 0.15) is 0 Å². The van der Waals surface area contributed by atoms with E-state index in [0.717, 1.165) is 0 Å². The van der Waals surface area contributed by atoms with E-state index < -0.39 is 0 Å². The van der Waals surface area contributed by atoms with E-state index in [1.54, 1.807) is 19.1 Å². The smallest absolute Gasteiger partial charge is 0.136 e. The highest BCUT2D eigenvalue weighted by Crippen LogP contribution is 2.08. The van der Waals surface area contributed by atoms with E-state index in [2.05, 4.69) is 4.72 Å². The Morgan fingerprint density at radius 3 is 3.00 bits per heavy atom. The first kappa shape index (κ1) is 5.15. The molecule has 0 aliphatic carbocycles. The lowest BCUT2D eigenvalue weighted by molar-refractivity contribution is 0.137. The van der Waals surface area contributed by atoms with Crippen LogP contribution in [-0.4, -0.2) is 13.3 Å². The van der Waals surface area contributed by atoms with Gasteiger partial charge >= 0.3 is 0 Å². The Hall–Kier alpha value is 0.01000. The number of nitrogens with one attached hydrogen (secondary N) is 1. The second kappa shape index (κ2) is 2.35. The molecule has 1 aliphatic rings. The third-order valence-corrected chi connectivity index (χ3v) is 1.42. The summed E-state index contributed by atoms with van der Waals surface area (Å²) in [6.07, 6.45) is 2.09. The van der Waals surface area contributed by atoms with Gasteiger partial charge in [0, 0.05) is 7.11 Å². The van der Waals surface area contributed by atoms with E-state index in [1.165, 1.54) is 0 Å². The Balaban J connectivity index is 2.28. The largest absolute Gasteiger partial charge is 0.362 e. The van der Waals surface area contributed by atoms with Crippen LogP contribution < -0.4 is 4.72 Å². The van der Waals surface area contributed by atoms with Crippen molar-refractivity contribution < 1.29 is 4.74 Å². The van der Waals surface area contributed by atoms with Crippen molar-refractivity contribution in [3.05, 3.63) is 11.5 Å². The maximum atomic E-state index is 4.89. The first-order chi connectivity index (χ1) is 3.43. The van der Waals surface area contributed by atoms with Gasteiger partial charge in [-0.25, -0.2) is 4.72 Å². The molecule has 7 heavy (non-hydrogen) atoms. The van der Waals surface area contributed by atoms with E-state index in [-0.39, 0.29) is 6.23 Å². The van der Waals surface area contributed by atoms with E-state index >= 15 is 0 Å². The van der Waals surface area contributed by atoms with Crippen LogP contribution in [0.3, 0.4) is 0 Å². The fourth-order valence-electron chi connectivity index (χ4n) is 0.383. The van der Waals surface area contributed by atoms with Crippen LogP contribution in [0.4, 0.5) is 0 Å². The molecule has 0 spiro atoms. The molecule has 1 unspecified atom stereocenters. The maximum Gasteiger partial charge on any atom is 0.136 e. The molecular formula is C4H7NOS. The van der Waals surface area contributed by atoms with Gasteiger partial charge in [-0.15, -0.1) is 0 Å². The molecule has 0 aromatic rings. The second-order valence-electron chi connectivity index (χ2n) is 1.22. The Morgan fingerprint density at radius 1 is 1.86 bits per heavy atom. The van der Waals surface area contributed by atoms with Crippen LogP contribution in [0.25, 0.3) is 0 Å². The monoisotopic (exact) mass is 117 g/mol. The maximum absolute atomic E-state index is 4.89. The average Bonchev–Trinajstić information content (AvgIpc) is 2.14. The highest BCUT2D eigenvalue weighted by molar-refractivity contribution is 8.00. The summed E-state index contributed by atoms with van der Waals surface area (Å²) in [4.78, 5) is 0. The zero-order valence-electron chi connectivity index (χ0n) is 4.05. The summed E-state index contributed by atoms with van der Waals surface area (Å²) in [6.45, 7) is 0. The van der Waals surface area contributed by atoms with Gasteiger partial charge in [0.05, 0.1) is 0 Å². The van der Waals surface area contributed by atoms with Crippen molar-refractivity contribution in [3.63, 3.8) is 0 Å². The summed E-state index contributed by atoms with van der Waals surface area (Å²) in [5.74, 6) is 0. The number of hydrogen-bond acceptors (Lipinski definition) is 3. The van der Waals surface area contributed by atoms with Crippen LogP contribution in [0.2, 0.25) is 0 Å². The lowest BCUT2D eigenvalue weighted by Crippen LogP contribution is -2.17. The quantitative estimate of drug-likeness (QED) is 0.511. The number of rotatable bonds is 1. The molecule has 0 saturated carbocycles. The summed E-state index contributed by atoms with van der Waals surface area (Å²) in [5, 5.41) is 1.97. The molecule has 1 rings (SSSR count). The zero-order chi connectivity index (χ0) is 5.11. The molecule has 0 amide bonds. The van der Waals surface area contributed by atoms with Crippen LogP contribution in [0.15, 0.2) is 11.5 Å². The van der Waals surface area contributed by atoms with Crippen molar-refractivity contribution in [3.8, 4) is 0 Å². The van der Waals surface area contributed by atoms with Gasteiger partial charge in [0.15, 0.2) is 0 Å². The molecule has 3 heteroatoms. The molecule has 1 heterocycles. The first-order valence-corrected chi connectivity index (χ1v) is 2.92. The first-order valence-electron chi connectivity index (χ1n) is 2.04. The van der Waals surface area contributed by atoms with Gasteiger partial charge in [-0.2, -0.15) is 0 Å². The molecule has 0 saturated heterocycles. The highest BCUT2D eigenvalue weighted by Gasteiger charge is 2.03. The van der Waals surface area contributed by atoms with Gasteiger partial charge in [0.2, 0.25) is 0 Å². The summed E-state index contributed by atoms with van der Waals surface area (Å²) in [5.41, 5.74) is 0. The van der Waals surface area contributed by atoms with Gasteiger partial charge in [-0.05, 0) is 11.5 Å². The number of hydrogen-bond donors (Lipinski definition) is 1. The van der Waals surface area contributed by atoms with E-state index in [4.69, 9.17) is 4.74 Å². The fourth-order valence-corrected chi connectivity index (χ4v) is 0.992. The van der Waals surface area contributed by atoms with E-state index in [9.17, 15) is 0 Å². The predicted octanol–water partition coefficient (Wildman–Crippen LogP) is 0.724. The minimum atomic E-state index is 0.130. The van der Waals surface area contributed by atoms with Crippen LogP contribution >= 0.6 is 11.9 Å². The van der Waals surface area contributed by atoms with Crippen molar-refractivity contribution >= 4 is 11.9 Å². The lowest BCUT2D eigenvalue weighted by atomic mass is 10.6. The van der Waals surface area contributed by atoms with Crippen molar-refractivity contribution in [1.29, 1.82) is 0 Å². The molecule has 0 aromatic carbocycles. The van der Waals surface area contributed by atoms with Crippen LogP contribution in [0.5, 0.6) is 0 Å². The van der Waals surface area contributed by atoms with Gasteiger partial charge in [0.25, 0.3) is 0 Å². The lowest BCUT2D eigenvalue weighted by Gasteiger charge is -2.01. The van der Waals surface area contributed by atoms with Crippen molar-refractivity contribution in [1.82, 2.24) is 4.72 Å². The Kier molecular flexibility index (Phi) is 1.73. The molecule has 2 nitrogen and oxygen atoms in total. The molecule has 40 valence electrons. The molecule has 0 fully saturated rings. The third-order valence-electron chi connectivity index (χ3n) is 0.760. The van der Waals surface area contributed by atoms with E-state index in [1.807, 2.05) is 11.5 Å². The summed E-state index contributed by atoms with van der Waals surface area (Å²) in [6, 6.07) is 0. The minimum Gasteiger partial charge on any atom is -0.362 e. The second-order valence-corrected chi connectivity index (χ2v) is 1.96. The third kappa shape index (κ3) is 1.19. The van der Waals surface area contributed by atoms with Crippen LogP contribution in [0, 0.1) is 0 Å². The predicted molar refractivity (Wildman–Crippen MR) is 30.7 cm³/mol. The highest BCUT2D eigenvalue weighted by atomic mass is 32.2. The molecule has 1 atom stereocenters. The van der Waals surface area contributed by atoms with Gasteiger partial charge in [-0.3, -0.25) is 0 Å². The van der Waals surface area contributed by atoms with Gasteiger partial charge in [0.1, 0.15) is 6.23 Å². The molecular weight excluding hydrogens is 110 g/mol. The van der Waals surface area contributed by atoms with Gasteiger partial charge in [-0.1, -0.05) is 11.9 Å². The van der Waals surface area contributed by atoms with Crippen LogP contribution in [-0.2, 0) is 4.74 Å². The summed E-state index contributed by atoms with van der Waals surface area (Å²) in [7, 11) is 1.67. The van der Waals surface area contributed by atoms with Gasteiger partial charge < -0.3 is 4.74 Å². The van der Waals surface area contributed by atoms with Crippen molar-refractivity contribution in [2.45, 2.75) is 6.23 Å². The van der Waals surface area contributed by atoms with Crippen molar-refractivity contribution in [2.75, 3.05) is 7.11 Å². The molecule has 1 aliphatic heterocycles. The Bertz CT molecular complexity index is 83.8. The van der Waals surface area contributed by atoms with E-state index in [0.29, 0.717) is 0 Å².